The lowest BCUT2D eigenvalue weighted by atomic mass is 9.87. The number of thiol groups is 1. The fourth-order valence-corrected chi connectivity index (χ4v) is 5.55. The number of carboxylic acid groups (broad SMARTS) is 1. The maximum atomic E-state index is 13.2. The van der Waals surface area contributed by atoms with E-state index in [9.17, 15) is 14.7 Å². The molecule has 0 fully saturated rings. The van der Waals surface area contributed by atoms with Crippen molar-refractivity contribution in [1.82, 2.24) is 9.88 Å². The number of fused-ring (bicyclic) bond motifs is 2. The molecular weight excluding hydrogens is 476 g/mol. The minimum absolute atomic E-state index is 0.0487. The molecule has 0 aliphatic heterocycles. The van der Waals surface area contributed by atoms with Crippen molar-refractivity contribution in [1.29, 1.82) is 0 Å². The first-order valence-corrected chi connectivity index (χ1v) is 11.8. The number of halogens is 1. The first kappa shape index (κ1) is 22.0. The molecule has 0 unspecified atom stereocenters. The van der Waals surface area contributed by atoms with Gasteiger partial charge in [0.25, 0.3) is 0 Å². The Morgan fingerprint density at radius 1 is 1.29 bits per heavy atom. The topological polar surface area (TPSA) is 71.3 Å². The van der Waals surface area contributed by atoms with Crippen LogP contribution in [-0.2, 0) is 29.5 Å². The van der Waals surface area contributed by atoms with Crippen LogP contribution in [0.15, 0.2) is 53.1 Å². The molecule has 0 radical (unpaired) electrons. The molecule has 162 valence electrons. The molecule has 4 rings (SSSR count). The van der Waals surface area contributed by atoms with Gasteiger partial charge in [-0.15, -0.1) is 0 Å². The lowest BCUT2D eigenvalue weighted by molar-refractivity contribution is -0.142. The van der Waals surface area contributed by atoms with Gasteiger partial charge in [-0.05, 0) is 53.6 Å². The number of nitrogens with zero attached hydrogens (tertiary/aromatic N) is 1. The molecule has 2 aromatic carbocycles. The van der Waals surface area contributed by atoms with Crippen molar-refractivity contribution in [2.75, 3.05) is 5.75 Å². The van der Waals surface area contributed by atoms with Crippen LogP contribution in [0.3, 0.4) is 0 Å². The van der Waals surface area contributed by atoms with Gasteiger partial charge in [-0.1, -0.05) is 40.2 Å². The summed E-state index contributed by atoms with van der Waals surface area (Å²) in [5.74, 6) is -1.24. The van der Waals surface area contributed by atoms with Crippen LogP contribution in [0.5, 0.6) is 0 Å². The Morgan fingerprint density at radius 2 is 2.06 bits per heavy atom. The summed E-state index contributed by atoms with van der Waals surface area (Å²) in [4.78, 5) is 25.2. The molecular formula is C24H25BrN2O3S. The summed E-state index contributed by atoms with van der Waals surface area (Å²) < 4.78 is 3.01. The molecule has 0 bridgehead atoms. The number of amides is 1. The predicted molar refractivity (Wildman–Crippen MR) is 129 cm³/mol. The predicted octanol–water partition coefficient (Wildman–Crippen LogP) is 4.33. The van der Waals surface area contributed by atoms with Gasteiger partial charge in [-0.25, -0.2) is 4.79 Å². The van der Waals surface area contributed by atoms with Gasteiger partial charge >= 0.3 is 5.97 Å². The lowest BCUT2D eigenvalue weighted by Crippen LogP contribution is -2.46. The number of aromatic nitrogens is 1. The highest BCUT2D eigenvalue weighted by Gasteiger charge is 2.35. The van der Waals surface area contributed by atoms with Crippen molar-refractivity contribution in [3.05, 3.63) is 69.8 Å². The van der Waals surface area contributed by atoms with Gasteiger partial charge in [0.1, 0.15) is 6.04 Å². The van der Waals surface area contributed by atoms with Crippen LogP contribution in [0, 0.1) is 5.92 Å². The fraction of sp³-hybridized carbons (Fsp3) is 0.333. The number of para-hydroxylation sites is 1. The molecule has 31 heavy (non-hydrogen) atoms. The first-order chi connectivity index (χ1) is 14.9. The summed E-state index contributed by atoms with van der Waals surface area (Å²) in [6.07, 6.45) is 3.95. The number of hydrogen-bond donors (Lipinski definition) is 3. The molecule has 0 spiro atoms. The molecule has 1 amide bonds. The second kappa shape index (κ2) is 9.09. The van der Waals surface area contributed by atoms with Gasteiger partial charge in [0, 0.05) is 40.8 Å². The fourth-order valence-electron chi connectivity index (χ4n) is 4.72. The monoisotopic (exact) mass is 500 g/mol. The molecule has 2 N–H and O–H groups in total. The van der Waals surface area contributed by atoms with E-state index in [1.807, 2.05) is 48.1 Å². The van der Waals surface area contributed by atoms with Crippen LogP contribution in [0.2, 0.25) is 0 Å². The third-order valence-electron chi connectivity index (χ3n) is 6.27. The van der Waals surface area contributed by atoms with E-state index in [1.54, 1.807) is 0 Å². The number of benzene rings is 2. The third-order valence-corrected chi connectivity index (χ3v) is 7.15. The smallest absolute Gasteiger partial charge is 0.326 e. The zero-order valence-corrected chi connectivity index (χ0v) is 19.7. The van der Waals surface area contributed by atoms with E-state index in [1.165, 1.54) is 11.1 Å². The highest BCUT2D eigenvalue weighted by Crippen LogP contribution is 2.40. The molecule has 1 aliphatic rings. The number of nitrogens with one attached hydrogen (secondary N) is 1. The van der Waals surface area contributed by atoms with Crippen LogP contribution < -0.4 is 5.32 Å². The molecule has 3 atom stereocenters. The van der Waals surface area contributed by atoms with Gasteiger partial charge in [0.15, 0.2) is 0 Å². The summed E-state index contributed by atoms with van der Waals surface area (Å²) in [5.41, 5.74) is 4.35. The van der Waals surface area contributed by atoms with E-state index >= 15 is 0 Å². The zero-order valence-electron chi connectivity index (χ0n) is 17.2. The summed E-state index contributed by atoms with van der Waals surface area (Å²) in [6.45, 7) is 0. The van der Waals surface area contributed by atoms with Gasteiger partial charge < -0.3 is 15.0 Å². The summed E-state index contributed by atoms with van der Waals surface area (Å²) in [5, 5.41) is 13.6. The van der Waals surface area contributed by atoms with Gasteiger partial charge in [-0.2, -0.15) is 12.6 Å². The SMILES string of the molecule is Cn1cc(C[C@H](NC(=O)[C@H](CS)[C@H]2CCc3cc(Br)ccc32)C(=O)O)c2ccccc21. The van der Waals surface area contributed by atoms with Crippen molar-refractivity contribution in [2.24, 2.45) is 13.0 Å². The minimum Gasteiger partial charge on any atom is -0.480 e. The normalized spacial score (nSPS) is 17.3. The number of carbonyl (C=O) groups is 2. The molecule has 7 heteroatoms. The second-order valence-electron chi connectivity index (χ2n) is 8.16. The van der Waals surface area contributed by atoms with Gasteiger partial charge in [0.05, 0.1) is 5.92 Å². The molecule has 1 heterocycles. The average molecular weight is 501 g/mol. The summed E-state index contributed by atoms with van der Waals surface area (Å²) >= 11 is 7.95. The minimum atomic E-state index is -1.03. The second-order valence-corrected chi connectivity index (χ2v) is 9.44. The highest BCUT2D eigenvalue weighted by atomic mass is 79.9. The third kappa shape index (κ3) is 4.39. The average Bonchev–Trinajstić information content (AvgIpc) is 3.29. The molecule has 5 nitrogen and oxygen atoms in total. The number of aryl methyl sites for hydroxylation is 2. The van der Waals surface area contributed by atoms with Crippen LogP contribution in [-0.4, -0.2) is 33.3 Å². The van der Waals surface area contributed by atoms with Crippen molar-refractivity contribution in [2.45, 2.75) is 31.2 Å². The quantitative estimate of drug-likeness (QED) is 0.422. The van der Waals surface area contributed by atoms with Gasteiger partial charge in [-0.3, -0.25) is 4.79 Å². The Labute approximate surface area is 195 Å². The zero-order chi connectivity index (χ0) is 22.1. The summed E-state index contributed by atoms with van der Waals surface area (Å²) in [6, 6.07) is 13.0. The Hall–Kier alpha value is -2.25. The number of carboxylic acids is 1. The number of rotatable bonds is 7. The van der Waals surface area contributed by atoms with Crippen LogP contribution in [0.1, 0.15) is 29.0 Å². The van der Waals surface area contributed by atoms with Crippen molar-refractivity contribution in [3.8, 4) is 0 Å². The number of aliphatic carboxylic acids is 1. The van der Waals surface area contributed by atoms with E-state index in [-0.39, 0.29) is 24.2 Å². The van der Waals surface area contributed by atoms with E-state index < -0.39 is 12.0 Å². The number of hydrogen-bond acceptors (Lipinski definition) is 3. The molecule has 3 aromatic rings. The van der Waals surface area contributed by atoms with Crippen molar-refractivity contribution < 1.29 is 14.7 Å². The van der Waals surface area contributed by atoms with Crippen molar-refractivity contribution >= 4 is 51.3 Å². The largest absolute Gasteiger partial charge is 0.480 e. The molecule has 1 aromatic heterocycles. The Kier molecular flexibility index (Phi) is 6.44. The Morgan fingerprint density at radius 3 is 2.81 bits per heavy atom. The van der Waals surface area contributed by atoms with E-state index in [0.29, 0.717) is 5.75 Å². The molecule has 0 saturated carbocycles. The maximum Gasteiger partial charge on any atom is 0.326 e. The van der Waals surface area contributed by atoms with Crippen molar-refractivity contribution in [3.63, 3.8) is 0 Å². The van der Waals surface area contributed by atoms with Crippen LogP contribution in [0.4, 0.5) is 0 Å². The molecule has 1 aliphatic carbocycles. The summed E-state index contributed by atoms with van der Waals surface area (Å²) in [7, 11) is 1.94. The Balaban J connectivity index is 1.54. The van der Waals surface area contributed by atoms with Crippen LogP contribution in [0.25, 0.3) is 10.9 Å². The maximum absolute atomic E-state index is 13.2. The van der Waals surface area contributed by atoms with E-state index in [0.717, 1.165) is 33.8 Å². The lowest BCUT2D eigenvalue weighted by Gasteiger charge is -2.24. The standard InChI is InChI=1S/C24H25BrN2O3S/c1-27-12-15(18-4-2-3-5-22(18)27)11-21(24(29)30)26-23(28)20(13-31)19-8-6-14-10-16(25)7-9-17(14)19/h2-5,7,9-10,12,19-21,31H,6,8,11,13H2,1H3,(H,26,28)(H,29,30)/t19-,20+,21-/m0/s1. The van der Waals surface area contributed by atoms with Crippen LogP contribution >= 0.6 is 28.6 Å². The molecule has 0 saturated heterocycles. The van der Waals surface area contributed by atoms with E-state index in [4.69, 9.17) is 0 Å². The van der Waals surface area contributed by atoms with E-state index in [2.05, 4.69) is 46.0 Å². The Bertz CT molecular complexity index is 1140. The van der Waals surface area contributed by atoms with Gasteiger partial charge in [0.2, 0.25) is 5.91 Å². The number of carbonyl (C=O) groups excluding carboxylic acids is 1. The first-order valence-electron chi connectivity index (χ1n) is 10.3. The highest BCUT2D eigenvalue weighted by molar-refractivity contribution is 9.10.